The van der Waals surface area contributed by atoms with E-state index in [0.717, 1.165) is 17.0 Å². The Labute approximate surface area is 136 Å². The van der Waals surface area contributed by atoms with Crippen molar-refractivity contribution in [2.45, 2.75) is 27.2 Å². The molecule has 1 aromatic carbocycles. The molecular formula is C17H24N4O2. The molecule has 1 atom stereocenters. The zero-order valence-electron chi connectivity index (χ0n) is 14.3. The first kappa shape index (κ1) is 16.9. The van der Waals surface area contributed by atoms with Crippen molar-refractivity contribution in [1.29, 1.82) is 0 Å². The van der Waals surface area contributed by atoms with Crippen molar-refractivity contribution >= 4 is 17.3 Å². The molecule has 1 amide bonds. The fraction of sp³-hybridized carbons (Fsp3) is 0.412. The second kappa shape index (κ2) is 6.73. The number of rotatable bonds is 5. The summed E-state index contributed by atoms with van der Waals surface area (Å²) in [5.41, 5.74) is 10.2. The summed E-state index contributed by atoms with van der Waals surface area (Å²) < 4.78 is 6.96. The zero-order chi connectivity index (χ0) is 17.1. The molecule has 1 heterocycles. The number of benzene rings is 1. The maximum atomic E-state index is 12.4. The number of carbonyl (C=O) groups is 1. The highest BCUT2D eigenvalue weighted by Crippen LogP contribution is 2.25. The van der Waals surface area contributed by atoms with Crippen LogP contribution in [0, 0.1) is 19.8 Å². The summed E-state index contributed by atoms with van der Waals surface area (Å²) in [4.78, 5) is 12.4. The molecule has 2 aromatic rings. The third-order valence-corrected chi connectivity index (χ3v) is 4.11. The molecule has 0 aliphatic rings. The van der Waals surface area contributed by atoms with E-state index in [-0.39, 0.29) is 11.8 Å². The maximum absolute atomic E-state index is 12.4. The third kappa shape index (κ3) is 3.64. The van der Waals surface area contributed by atoms with Gasteiger partial charge >= 0.3 is 0 Å². The zero-order valence-corrected chi connectivity index (χ0v) is 14.3. The molecule has 0 fully saturated rings. The molecule has 6 nitrogen and oxygen atoms in total. The van der Waals surface area contributed by atoms with Gasteiger partial charge in [0.2, 0.25) is 5.91 Å². The summed E-state index contributed by atoms with van der Waals surface area (Å²) in [5, 5.41) is 7.29. The van der Waals surface area contributed by atoms with Crippen LogP contribution in [-0.2, 0) is 18.3 Å². The number of nitrogen functional groups attached to an aromatic ring is 1. The number of carbonyl (C=O) groups excluding carboxylic acids is 1. The van der Waals surface area contributed by atoms with Crippen LogP contribution in [-0.4, -0.2) is 22.8 Å². The minimum absolute atomic E-state index is 0.0442. The predicted molar refractivity (Wildman–Crippen MR) is 91.6 cm³/mol. The van der Waals surface area contributed by atoms with Crippen LogP contribution in [0.2, 0.25) is 0 Å². The number of hydrogen-bond acceptors (Lipinski definition) is 4. The van der Waals surface area contributed by atoms with Crippen LogP contribution in [0.25, 0.3) is 0 Å². The standard InChI is InChI=1S/C17H24N4O2/c1-10(8-14-11(2)20-21(4)12(14)3)17(22)19-13-6-7-16(23-5)15(18)9-13/h6-7,9-10H,8,18H2,1-5H3,(H,19,22). The van der Waals surface area contributed by atoms with Gasteiger partial charge in [-0.1, -0.05) is 6.92 Å². The third-order valence-electron chi connectivity index (χ3n) is 4.11. The van der Waals surface area contributed by atoms with Crippen molar-refractivity contribution in [3.05, 3.63) is 35.2 Å². The number of hydrogen-bond donors (Lipinski definition) is 2. The predicted octanol–water partition coefficient (Wildman–Crippen LogP) is 2.45. The second-order valence-electron chi connectivity index (χ2n) is 5.82. The molecular weight excluding hydrogens is 292 g/mol. The topological polar surface area (TPSA) is 82.2 Å². The molecule has 0 spiro atoms. The Morgan fingerprint density at radius 2 is 2.13 bits per heavy atom. The number of ether oxygens (including phenoxy) is 1. The van der Waals surface area contributed by atoms with Crippen molar-refractivity contribution < 1.29 is 9.53 Å². The van der Waals surface area contributed by atoms with Gasteiger partial charge in [-0.05, 0) is 44.0 Å². The van der Waals surface area contributed by atoms with E-state index in [4.69, 9.17) is 10.5 Å². The number of nitrogens with zero attached hydrogens (tertiary/aromatic N) is 2. The highest BCUT2D eigenvalue weighted by Gasteiger charge is 2.18. The number of anilines is 2. The molecule has 3 N–H and O–H groups in total. The Kier molecular flexibility index (Phi) is 4.93. The fourth-order valence-electron chi connectivity index (χ4n) is 2.59. The summed E-state index contributed by atoms with van der Waals surface area (Å²) in [6.07, 6.45) is 0.656. The summed E-state index contributed by atoms with van der Waals surface area (Å²) in [6, 6.07) is 5.22. The molecule has 0 saturated carbocycles. The molecule has 0 radical (unpaired) electrons. The summed E-state index contributed by atoms with van der Waals surface area (Å²) in [5.74, 6) is 0.384. The molecule has 23 heavy (non-hydrogen) atoms. The Morgan fingerprint density at radius 3 is 2.65 bits per heavy atom. The molecule has 124 valence electrons. The smallest absolute Gasteiger partial charge is 0.227 e. The normalized spacial score (nSPS) is 12.0. The number of nitrogens with two attached hydrogens (primary N) is 1. The molecule has 6 heteroatoms. The van der Waals surface area contributed by atoms with Gasteiger partial charge < -0.3 is 15.8 Å². The number of amides is 1. The van der Waals surface area contributed by atoms with Gasteiger partial charge in [0.05, 0.1) is 18.5 Å². The van der Waals surface area contributed by atoms with Gasteiger partial charge in [0, 0.05) is 24.3 Å². The molecule has 1 unspecified atom stereocenters. The van der Waals surface area contributed by atoms with E-state index in [0.29, 0.717) is 23.5 Å². The first-order valence-electron chi connectivity index (χ1n) is 7.57. The first-order valence-corrected chi connectivity index (χ1v) is 7.57. The van der Waals surface area contributed by atoms with Crippen molar-refractivity contribution in [3.63, 3.8) is 0 Å². The van der Waals surface area contributed by atoms with Gasteiger partial charge in [-0.2, -0.15) is 5.10 Å². The second-order valence-corrected chi connectivity index (χ2v) is 5.82. The Balaban J connectivity index is 2.07. The number of aromatic nitrogens is 2. The molecule has 0 aliphatic heterocycles. The van der Waals surface area contributed by atoms with Gasteiger partial charge in [-0.3, -0.25) is 9.48 Å². The van der Waals surface area contributed by atoms with Crippen LogP contribution in [0.15, 0.2) is 18.2 Å². The van der Waals surface area contributed by atoms with Crippen molar-refractivity contribution in [2.75, 3.05) is 18.2 Å². The van der Waals surface area contributed by atoms with Crippen LogP contribution < -0.4 is 15.8 Å². The Hall–Kier alpha value is -2.50. The van der Waals surface area contributed by atoms with Crippen LogP contribution >= 0.6 is 0 Å². The molecule has 0 saturated heterocycles. The monoisotopic (exact) mass is 316 g/mol. The lowest BCUT2D eigenvalue weighted by Gasteiger charge is -2.14. The average molecular weight is 316 g/mol. The SMILES string of the molecule is COc1ccc(NC(=O)C(C)Cc2c(C)nn(C)c2C)cc1N. The van der Waals surface area contributed by atoms with Gasteiger partial charge in [-0.15, -0.1) is 0 Å². The molecule has 1 aromatic heterocycles. The van der Waals surface area contributed by atoms with Crippen LogP contribution in [0.1, 0.15) is 23.9 Å². The Morgan fingerprint density at radius 1 is 1.43 bits per heavy atom. The van der Waals surface area contributed by atoms with Gasteiger partial charge in [0.25, 0.3) is 0 Å². The van der Waals surface area contributed by atoms with Crippen LogP contribution in [0.4, 0.5) is 11.4 Å². The average Bonchev–Trinajstić information content (AvgIpc) is 2.73. The van der Waals surface area contributed by atoms with Crippen LogP contribution in [0.3, 0.4) is 0 Å². The largest absolute Gasteiger partial charge is 0.495 e. The number of aryl methyl sites for hydroxylation is 2. The van der Waals surface area contributed by atoms with Crippen molar-refractivity contribution in [2.24, 2.45) is 13.0 Å². The highest BCUT2D eigenvalue weighted by atomic mass is 16.5. The quantitative estimate of drug-likeness (QED) is 0.830. The summed E-state index contributed by atoms with van der Waals surface area (Å²) in [7, 11) is 3.47. The highest BCUT2D eigenvalue weighted by molar-refractivity contribution is 5.93. The Bertz CT molecular complexity index is 722. The van der Waals surface area contributed by atoms with E-state index >= 15 is 0 Å². The summed E-state index contributed by atoms with van der Waals surface area (Å²) >= 11 is 0. The fourth-order valence-corrected chi connectivity index (χ4v) is 2.59. The minimum Gasteiger partial charge on any atom is -0.495 e. The van der Waals surface area contributed by atoms with E-state index in [9.17, 15) is 4.79 Å². The van der Waals surface area contributed by atoms with Gasteiger partial charge in [-0.25, -0.2) is 0 Å². The maximum Gasteiger partial charge on any atom is 0.227 e. The molecule has 0 bridgehead atoms. The minimum atomic E-state index is -0.167. The van der Waals surface area contributed by atoms with E-state index in [1.54, 1.807) is 25.3 Å². The molecule has 0 aliphatic carbocycles. The van der Waals surface area contributed by atoms with Gasteiger partial charge in [0.15, 0.2) is 0 Å². The number of methoxy groups -OCH3 is 1. The van der Waals surface area contributed by atoms with E-state index < -0.39 is 0 Å². The first-order chi connectivity index (χ1) is 10.8. The van der Waals surface area contributed by atoms with Crippen LogP contribution in [0.5, 0.6) is 5.75 Å². The summed E-state index contributed by atoms with van der Waals surface area (Å²) in [6.45, 7) is 5.90. The van der Waals surface area contributed by atoms with Crippen molar-refractivity contribution in [3.8, 4) is 5.75 Å². The number of nitrogens with one attached hydrogen (secondary N) is 1. The van der Waals surface area contributed by atoms with E-state index in [2.05, 4.69) is 10.4 Å². The van der Waals surface area contributed by atoms with Crippen molar-refractivity contribution in [1.82, 2.24) is 9.78 Å². The lowest BCUT2D eigenvalue weighted by molar-refractivity contribution is -0.119. The van der Waals surface area contributed by atoms with E-state index in [1.165, 1.54) is 0 Å². The van der Waals surface area contributed by atoms with E-state index in [1.807, 2.05) is 32.5 Å². The molecule has 2 rings (SSSR count). The van der Waals surface area contributed by atoms with Gasteiger partial charge in [0.1, 0.15) is 5.75 Å². The lowest BCUT2D eigenvalue weighted by atomic mass is 9.99. The lowest BCUT2D eigenvalue weighted by Crippen LogP contribution is -2.22.